The zero-order chi connectivity index (χ0) is 15.4. The smallest absolute Gasteiger partial charge is 0.0245 e. The summed E-state index contributed by atoms with van der Waals surface area (Å²) in [6.07, 6.45) is 1.05. The second kappa shape index (κ2) is 8.30. The van der Waals surface area contributed by atoms with Crippen molar-refractivity contribution in [2.24, 2.45) is 5.73 Å². The molecule has 0 amide bonds. The molecule has 0 unspecified atom stereocenters. The van der Waals surface area contributed by atoms with Gasteiger partial charge in [-0.2, -0.15) is 0 Å². The van der Waals surface area contributed by atoms with Gasteiger partial charge in [-0.15, -0.1) is 12.4 Å². The van der Waals surface area contributed by atoms with Crippen LogP contribution in [0.4, 0.5) is 0 Å². The van der Waals surface area contributed by atoms with Crippen LogP contribution in [0.15, 0.2) is 54.6 Å². The van der Waals surface area contributed by atoms with Crippen molar-refractivity contribution in [2.75, 3.05) is 19.6 Å². The highest BCUT2D eigenvalue weighted by molar-refractivity contribution is 6.02. The minimum atomic E-state index is 0. The average molecular weight is 329 g/mol. The number of nitrogens with two attached hydrogens (primary N) is 1. The van der Waals surface area contributed by atoms with E-state index in [-0.39, 0.29) is 12.4 Å². The molecule has 0 heterocycles. The van der Waals surface area contributed by atoms with E-state index in [1.807, 2.05) is 0 Å². The lowest BCUT2D eigenvalue weighted by molar-refractivity contribution is 0.280. The third-order valence-corrected chi connectivity index (χ3v) is 4.39. The summed E-state index contributed by atoms with van der Waals surface area (Å²) in [6, 6.07) is 19.7. The fraction of sp³-hybridized carbons (Fsp3) is 0.300. The Hall–Kier alpha value is -1.61. The highest BCUT2D eigenvalue weighted by atomic mass is 35.5. The van der Waals surface area contributed by atoms with Crippen molar-refractivity contribution >= 4 is 34.0 Å². The van der Waals surface area contributed by atoms with E-state index in [0.717, 1.165) is 32.6 Å². The summed E-state index contributed by atoms with van der Waals surface area (Å²) < 4.78 is 0. The number of fused-ring (bicyclic) bond motifs is 2. The van der Waals surface area contributed by atoms with Crippen LogP contribution in [0.1, 0.15) is 18.9 Å². The van der Waals surface area contributed by atoms with Crippen LogP contribution in [-0.4, -0.2) is 24.5 Å². The highest BCUT2D eigenvalue weighted by Crippen LogP contribution is 2.29. The fourth-order valence-electron chi connectivity index (χ4n) is 3.17. The molecule has 0 saturated heterocycles. The molecule has 2 N–H and O–H groups in total. The number of rotatable bonds is 6. The predicted octanol–water partition coefficient (Wildman–Crippen LogP) is 4.59. The van der Waals surface area contributed by atoms with Crippen LogP contribution in [0, 0.1) is 0 Å². The Kier molecular flexibility index (Phi) is 6.40. The zero-order valence-corrected chi connectivity index (χ0v) is 14.5. The quantitative estimate of drug-likeness (QED) is 0.671. The number of hydrogen-bond donors (Lipinski definition) is 1. The molecule has 0 aliphatic rings. The molecular formula is C20H25ClN2. The van der Waals surface area contributed by atoms with Gasteiger partial charge >= 0.3 is 0 Å². The van der Waals surface area contributed by atoms with Crippen LogP contribution < -0.4 is 5.73 Å². The van der Waals surface area contributed by atoms with Gasteiger partial charge in [0.1, 0.15) is 0 Å². The summed E-state index contributed by atoms with van der Waals surface area (Å²) in [5.41, 5.74) is 7.12. The molecule has 0 saturated carbocycles. The normalized spacial score (nSPS) is 11.1. The molecule has 0 aliphatic heterocycles. The molecular weight excluding hydrogens is 304 g/mol. The lowest BCUT2D eigenvalue weighted by Crippen LogP contribution is -2.25. The zero-order valence-electron chi connectivity index (χ0n) is 13.7. The van der Waals surface area contributed by atoms with Crippen molar-refractivity contribution in [2.45, 2.75) is 19.9 Å². The fourth-order valence-corrected chi connectivity index (χ4v) is 3.17. The van der Waals surface area contributed by atoms with E-state index in [9.17, 15) is 0 Å². The number of hydrogen-bond acceptors (Lipinski definition) is 2. The van der Waals surface area contributed by atoms with Crippen LogP contribution in [0.5, 0.6) is 0 Å². The molecule has 2 nitrogen and oxygen atoms in total. The molecule has 0 aromatic heterocycles. The molecule has 3 aromatic rings. The molecule has 0 aliphatic carbocycles. The minimum absolute atomic E-state index is 0. The van der Waals surface area contributed by atoms with E-state index < -0.39 is 0 Å². The van der Waals surface area contributed by atoms with Crippen molar-refractivity contribution in [1.82, 2.24) is 4.90 Å². The molecule has 0 spiro atoms. The van der Waals surface area contributed by atoms with Crippen molar-refractivity contribution in [3.8, 4) is 0 Å². The molecule has 0 atom stereocenters. The Morgan fingerprint density at radius 2 is 1.48 bits per heavy atom. The van der Waals surface area contributed by atoms with Gasteiger partial charge < -0.3 is 5.73 Å². The number of halogens is 1. The molecule has 23 heavy (non-hydrogen) atoms. The monoisotopic (exact) mass is 328 g/mol. The maximum atomic E-state index is 5.68. The van der Waals surface area contributed by atoms with E-state index in [2.05, 4.69) is 66.4 Å². The van der Waals surface area contributed by atoms with Gasteiger partial charge in [-0.1, -0.05) is 55.5 Å². The van der Waals surface area contributed by atoms with Gasteiger partial charge in [0.05, 0.1) is 0 Å². The first-order valence-electron chi connectivity index (χ1n) is 8.15. The van der Waals surface area contributed by atoms with Gasteiger partial charge in [0.25, 0.3) is 0 Å². The molecule has 0 radical (unpaired) electrons. The number of nitrogens with zero attached hydrogens (tertiary/aromatic N) is 1. The van der Waals surface area contributed by atoms with Crippen LogP contribution >= 0.6 is 12.4 Å². The van der Waals surface area contributed by atoms with Gasteiger partial charge in [0, 0.05) is 6.54 Å². The van der Waals surface area contributed by atoms with E-state index in [0.29, 0.717) is 0 Å². The summed E-state index contributed by atoms with van der Waals surface area (Å²) in [4.78, 5) is 2.49. The molecule has 122 valence electrons. The van der Waals surface area contributed by atoms with Crippen LogP contribution in [0.2, 0.25) is 0 Å². The van der Waals surface area contributed by atoms with Gasteiger partial charge in [0.15, 0.2) is 0 Å². The Labute approximate surface area is 144 Å². The Morgan fingerprint density at radius 3 is 2.00 bits per heavy atom. The van der Waals surface area contributed by atoms with Crippen LogP contribution in [-0.2, 0) is 6.54 Å². The Bertz CT molecular complexity index is 716. The van der Waals surface area contributed by atoms with E-state index in [1.165, 1.54) is 27.1 Å². The van der Waals surface area contributed by atoms with E-state index in [4.69, 9.17) is 5.73 Å². The molecule has 3 aromatic carbocycles. The first-order valence-corrected chi connectivity index (χ1v) is 8.15. The molecule has 0 fully saturated rings. The lowest BCUT2D eigenvalue weighted by atomic mass is 9.96. The van der Waals surface area contributed by atoms with E-state index in [1.54, 1.807) is 0 Å². The van der Waals surface area contributed by atoms with Gasteiger partial charge in [-0.25, -0.2) is 0 Å². The van der Waals surface area contributed by atoms with Crippen molar-refractivity contribution in [3.05, 3.63) is 60.2 Å². The third kappa shape index (κ3) is 3.84. The van der Waals surface area contributed by atoms with Gasteiger partial charge in [-0.3, -0.25) is 4.90 Å². The molecule has 3 rings (SSSR count). The summed E-state index contributed by atoms with van der Waals surface area (Å²) in [7, 11) is 0. The molecule has 0 bridgehead atoms. The topological polar surface area (TPSA) is 29.3 Å². The summed E-state index contributed by atoms with van der Waals surface area (Å²) in [5, 5.41) is 5.39. The number of benzene rings is 3. The Balaban J connectivity index is 0.00000192. The third-order valence-electron chi connectivity index (χ3n) is 4.39. The standard InChI is InChI=1S/C20H24N2.ClH/c1-2-22(13-7-12-21)15-20-18-10-5-3-8-16(18)14-17-9-4-6-11-19(17)20;/h3-6,8-11,14H,2,7,12-13,15,21H2,1H3;1H. The van der Waals surface area contributed by atoms with Crippen molar-refractivity contribution in [3.63, 3.8) is 0 Å². The highest BCUT2D eigenvalue weighted by Gasteiger charge is 2.10. The van der Waals surface area contributed by atoms with Gasteiger partial charge in [0.2, 0.25) is 0 Å². The largest absolute Gasteiger partial charge is 0.330 e. The SMILES string of the molecule is CCN(CCCN)Cc1c2ccccc2cc2ccccc12.Cl. The van der Waals surface area contributed by atoms with Crippen molar-refractivity contribution in [1.29, 1.82) is 0 Å². The Morgan fingerprint density at radius 1 is 0.913 bits per heavy atom. The second-order valence-electron chi connectivity index (χ2n) is 5.81. The van der Waals surface area contributed by atoms with Gasteiger partial charge in [-0.05, 0) is 59.2 Å². The maximum absolute atomic E-state index is 5.68. The summed E-state index contributed by atoms with van der Waals surface area (Å²) in [5.74, 6) is 0. The van der Waals surface area contributed by atoms with Crippen LogP contribution in [0.3, 0.4) is 0 Å². The predicted molar refractivity (Wildman–Crippen MR) is 103 cm³/mol. The lowest BCUT2D eigenvalue weighted by Gasteiger charge is -2.22. The van der Waals surface area contributed by atoms with E-state index >= 15 is 0 Å². The summed E-state index contributed by atoms with van der Waals surface area (Å²) in [6.45, 7) is 6.08. The minimum Gasteiger partial charge on any atom is -0.330 e. The summed E-state index contributed by atoms with van der Waals surface area (Å²) >= 11 is 0. The second-order valence-corrected chi connectivity index (χ2v) is 5.81. The molecule has 3 heteroatoms. The maximum Gasteiger partial charge on any atom is 0.0245 e. The van der Waals surface area contributed by atoms with Crippen molar-refractivity contribution < 1.29 is 0 Å². The first kappa shape index (κ1) is 17.7. The van der Waals surface area contributed by atoms with Crippen LogP contribution in [0.25, 0.3) is 21.5 Å². The first-order chi connectivity index (χ1) is 10.8. The average Bonchev–Trinajstić information content (AvgIpc) is 2.57.